The zero-order chi connectivity index (χ0) is 18.8. The summed E-state index contributed by atoms with van der Waals surface area (Å²) in [5.41, 5.74) is 4.58. The molecule has 134 valence electrons. The molecule has 2 amide bonds. The molecule has 2 aromatic heterocycles. The van der Waals surface area contributed by atoms with Crippen LogP contribution in [0, 0.1) is 6.92 Å². The highest BCUT2D eigenvalue weighted by Gasteiger charge is 2.18. The molecule has 0 spiro atoms. The fraction of sp³-hybridized carbons (Fsp3) is 0.222. The van der Waals surface area contributed by atoms with Crippen molar-refractivity contribution < 1.29 is 9.59 Å². The Labute approximate surface area is 153 Å². The van der Waals surface area contributed by atoms with Crippen LogP contribution in [-0.2, 0) is 0 Å². The van der Waals surface area contributed by atoms with Crippen LogP contribution < -0.4 is 16.4 Å². The first-order valence-electron chi connectivity index (χ1n) is 8.07. The van der Waals surface area contributed by atoms with E-state index in [4.69, 9.17) is 0 Å². The topological polar surface area (TPSA) is 93.1 Å². The first-order chi connectivity index (χ1) is 12.4. The summed E-state index contributed by atoms with van der Waals surface area (Å²) < 4.78 is 1.27. The molecule has 2 heterocycles. The number of hydrogen-bond acceptors (Lipinski definition) is 5. The molecular weight excluding hydrogens is 352 g/mol. The normalized spacial score (nSPS) is 10.9. The molecule has 0 aliphatic heterocycles. The molecule has 1 aromatic carbocycles. The highest BCUT2D eigenvalue weighted by Crippen LogP contribution is 2.16. The van der Waals surface area contributed by atoms with Gasteiger partial charge in [0.1, 0.15) is 0 Å². The van der Waals surface area contributed by atoms with Gasteiger partial charge < -0.3 is 0 Å². The van der Waals surface area contributed by atoms with Crippen molar-refractivity contribution in [1.82, 2.24) is 20.6 Å². The molecule has 7 nitrogen and oxygen atoms in total. The lowest BCUT2D eigenvalue weighted by atomic mass is 10.1. The summed E-state index contributed by atoms with van der Waals surface area (Å²) in [6.07, 6.45) is 0. The van der Waals surface area contributed by atoms with Crippen LogP contribution in [0.1, 0.15) is 44.9 Å². The smallest absolute Gasteiger partial charge is 0.267 e. The van der Waals surface area contributed by atoms with Gasteiger partial charge in [-0.05, 0) is 39.0 Å². The first kappa shape index (κ1) is 17.8. The molecule has 0 saturated carbocycles. The third kappa shape index (κ3) is 3.36. The van der Waals surface area contributed by atoms with E-state index in [-0.39, 0.29) is 17.3 Å². The van der Waals surface area contributed by atoms with Gasteiger partial charge in [-0.15, -0.1) is 11.3 Å². The largest absolute Gasteiger partial charge is 0.290 e. The molecule has 0 aliphatic carbocycles. The summed E-state index contributed by atoms with van der Waals surface area (Å²) in [5, 5.41) is 5.04. The number of nitrogens with one attached hydrogen (secondary N) is 2. The molecule has 0 radical (unpaired) electrons. The Balaban J connectivity index is 1.91. The van der Waals surface area contributed by atoms with Gasteiger partial charge in [0.25, 0.3) is 17.4 Å². The Bertz CT molecular complexity index is 1050. The average molecular weight is 370 g/mol. The maximum absolute atomic E-state index is 12.6. The summed E-state index contributed by atoms with van der Waals surface area (Å²) in [7, 11) is 0. The number of hydrogen-bond donors (Lipinski definition) is 2. The molecule has 2 N–H and O–H groups in total. The molecule has 3 aromatic rings. The van der Waals surface area contributed by atoms with Gasteiger partial charge in [0.05, 0.1) is 16.3 Å². The Morgan fingerprint density at radius 2 is 1.69 bits per heavy atom. The maximum atomic E-state index is 12.6. The average Bonchev–Trinajstić information content (AvgIpc) is 3.06. The molecule has 3 rings (SSSR count). The number of aromatic nitrogens is 2. The van der Waals surface area contributed by atoms with Crippen molar-refractivity contribution in [3.63, 3.8) is 0 Å². The molecule has 0 aliphatic rings. The molecule has 0 unspecified atom stereocenters. The quantitative estimate of drug-likeness (QED) is 0.693. The molecule has 0 fully saturated rings. The van der Waals surface area contributed by atoms with Crippen molar-refractivity contribution >= 4 is 33.9 Å². The van der Waals surface area contributed by atoms with Crippen LogP contribution >= 0.6 is 11.3 Å². The molecule has 26 heavy (non-hydrogen) atoms. The molecule has 0 bridgehead atoms. The van der Waals surface area contributed by atoms with Crippen LogP contribution in [-0.4, -0.2) is 21.6 Å². The predicted octanol–water partition coefficient (Wildman–Crippen LogP) is 2.42. The van der Waals surface area contributed by atoms with Gasteiger partial charge in [-0.3, -0.25) is 25.2 Å². The molecule has 0 atom stereocenters. The van der Waals surface area contributed by atoms with Gasteiger partial charge in [-0.25, -0.2) is 4.68 Å². The maximum Gasteiger partial charge on any atom is 0.290 e. The number of nitrogens with zero attached hydrogens (tertiary/aromatic N) is 2. The van der Waals surface area contributed by atoms with Gasteiger partial charge in [0.2, 0.25) is 0 Å². The summed E-state index contributed by atoms with van der Waals surface area (Å²) in [4.78, 5) is 38.7. The van der Waals surface area contributed by atoms with E-state index in [1.807, 2.05) is 26.8 Å². The predicted molar refractivity (Wildman–Crippen MR) is 100 cm³/mol. The van der Waals surface area contributed by atoms with E-state index in [9.17, 15) is 14.4 Å². The lowest BCUT2D eigenvalue weighted by molar-refractivity contribution is 0.0845. The number of amides is 2. The van der Waals surface area contributed by atoms with Crippen molar-refractivity contribution in [2.24, 2.45) is 0 Å². The molecule has 0 saturated heterocycles. The zero-order valence-corrected chi connectivity index (χ0v) is 15.4. The van der Waals surface area contributed by atoms with Gasteiger partial charge in [-0.2, -0.15) is 5.10 Å². The minimum atomic E-state index is -0.586. The second-order valence-electron chi connectivity index (χ2n) is 6.06. The van der Waals surface area contributed by atoms with Crippen molar-refractivity contribution in [2.75, 3.05) is 0 Å². The first-order valence-corrected chi connectivity index (χ1v) is 8.89. The third-order valence-electron chi connectivity index (χ3n) is 3.79. The summed E-state index contributed by atoms with van der Waals surface area (Å²) in [5.74, 6) is -0.991. The van der Waals surface area contributed by atoms with Crippen molar-refractivity contribution in [3.8, 4) is 0 Å². The van der Waals surface area contributed by atoms with E-state index >= 15 is 0 Å². The third-order valence-corrected chi connectivity index (χ3v) is 4.79. The SMILES string of the molecule is Cc1ccc(C(=O)NNC(=O)c2nn(C(C)C)c(=O)c3ccccc23)s1. The van der Waals surface area contributed by atoms with Crippen LogP contribution in [0.25, 0.3) is 10.8 Å². The van der Waals surface area contributed by atoms with Gasteiger partial charge in [-0.1, -0.05) is 18.2 Å². The Morgan fingerprint density at radius 3 is 2.31 bits per heavy atom. The van der Waals surface area contributed by atoms with Crippen LogP contribution in [0.5, 0.6) is 0 Å². The zero-order valence-electron chi connectivity index (χ0n) is 14.6. The second kappa shape index (κ2) is 7.09. The number of hydrazine groups is 1. The van der Waals surface area contributed by atoms with E-state index in [0.29, 0.717) is 15.6 Å². The fourth-order valence-corrected chi connectivity index (χ4v) is 3.28. The number of thiophene rings is 1. The number of benzene rings is 1. The Morgan fingerprint density at radius 1 is 1.04 bits per heavy atom. The highest BCUT2D eigenvalue weighted by atomic mass is 32.1. The number of aryl methyl sites for hydroxylation is 1. The minimum absolute atomic E-state index is 0.0801. The Kier molecular flexibility index (Phi) is 4.85. The number of fused-ring (bicyclic) bond motifs is 1. The van der Waals surface area contributed by atoms with E-state index in [2.05, 4.69) is 16.0 Å². The van der Waals surface area contributed by atoms with E-state index in [1.54, 1.807) is 30.3 Å². The van der Waals surface area contributed by atoms with Gasteiger partial charge in [0, 0.05) is 10.3 Å². The number of carbonyl (C=O) groups excluding carboxylic acids is 2. The lowest BCUT2D eigenvalue weighted by Crippen LogP contribution is -2.42. The van der Waals surface area contributed by atoms with Gasteiger partial charge >= 0.3 is 0 Å². The second-order valence-corrected chi connectivity index (χ2v) is 7.34. The highest BCUT2D eigenvalue weighted by molar-refractivity contribution is 7.13. The summed E-state index contributed by atoms with van der Waals surface area (Å²) in [6.45, 7) is 5.52. The molecule has 8 heteroatoms. The van der Waals surface area contributed by atoms with E-state index in [0.717, 1.165) is 4.88 Å². The molecular formula is C18H18N4O3S. The van der Waals surface area contributed by atoms with Crippen molar-refractivity contribution in [3.05, 3.63) is 62.2 Å². The summed E-state index contributed by atoms with van der Waals surface area (Å²) >= 11 is 1.33. The number of rotatable bonds is 3. The van der Waals surface area contributed by atoms with Crippen LogP contribution in [0.3, 0.4) is 0 Å². The van der Waals surface area contributed by atoms with Crippen LogP contribution in [0.4, 0.5) is 0 Å². The minimum Gasteiger partial charge on any atom is -0.267 e. The van der Waals surface area contributed by atoms with Crippen molar-refractivity contribution in [2.45, 2.75) is 26.8 Å². The van der Waals surface area contributed by atoms with E-state index in [1.165, 1.54) is 16.0 Å². The lowest BCUT2D eigenvalue weighted by Gasteiger charge is -2.13. The summed E-state index contributed by atoms with van der Waals surface area (Å²) in [6, 6.07) is 10.1. The fourth-order valence-electron chi connectivity index (χ4n) is 2.52. The monoisotopic (exact) mass is 370 g/mol. The van der Waals surface area contributed by atoms with Crippen LogP contribution in [0.2, 0.25) is 0 Å². The van der Waals surface area contributed by atoms with Crippen LogP contribution in [0.15, 0.2) is 41.2 Å². The van der Waals surface area contributed by atoms with Gasteiger partial charge in [0.15, 0.2) is 5.69 Å². The standard InChI is InChI=1S/C18H18N4O3S/c1-10(2)22-18(25)13-7-5-4-6-12(13)15(21-22)17(24)20-19-16(23)14-9-8-11(3)26-14/h4-10H,1-3H3,(H,19,23)(H,20,24). The number of carbonyl (C=O) groups is 2. The Hall–Kier alpha value is -3.00. The van der Waals surface area contributed by atoms with Crippen molar-refractivity contribution in [1.29, 1.82) is 0 Å². The van der Waals surface area contributed by atoms with E-state index < -0.39 is 11.8 Å².